The van der Waals surface area contributed by atoms with Crippen molar-refractivity contribution in [3.05, 3.63) is 15.9 Å². The van der Waals surface area contributed by atoms with E-state index in [1.165, 1.54) is 0 Å². The summed E-state index contributed by atoms with van der Waals surface area (Å²) in [6, 6.07) is 0. The zero-order valence-corrected chi connectivity index (χ0v) is 12.3. The van der Waals surface area contributed by atoms with Crippen molar-refractivity contribution in [3.63, 3.8) is 0 Å². The van der Waals surface area contributed by atoms with Crippen LogP contribution in [0.5, 0.6) is 0 Å². The van der Waals surface area contributed by atoms with E-state index in [0.29, 0.717) is 19.8 Å². The highest BCUT2D eigenvalue weighted by atomic mass is 79.9. The molecule has 1 rings (SSSR count). The molecule has 98 valence electrons. The van der Waals surface area contributed by atoms with E-state index >= 15 is 0 Å². The number of aliphatic hydroxyl groups is 1. The van der Waals surface area contributed by atoms with Crippen LogP contribution in [0.3, 0.4) is 0 Å². The third-order valence-electron chi connectivity index (χ3n) is 2.63. The first-order valence-corrected chi connectivity index (χ1v) is 6.80. The maximum Gasteiger partial charge on any atom is 0.0969 e. The molecule has 1 unspecified atom stereocenters. The Labute approximate surface area is 111 Å². The third kappa shape index (κ3) is 4.41. The summed E-state index contributed by atoms with van der Waals surface area (Å²) < 4.78 is 8.21. The Morgan fingerprint density at radius 3 is 2.71 bits per heavy atom. The largest absolute Gasteiger partial charge is 0.389 e. The summed E-state index contributed by atoms with van der Waals surface area (Å²) in [5.41, 5.74) is 1.98. The van der Waals surface area contributed by atoms with Gasteiger partial charge in [-0.05, 0) is 36.2 Å². The second-order valence-corrected chi connectivity index (χ2v) is 5.04. The quantitative estimate of drug-likeness (QED) is 0.787. The summed E-state index contributed by atoms with van der Waals surface area (Å²) in [4.78, 5) is 0. The van der Waals surface area contributed by atoms with Crippen LogP contribution in [-0.4, -0.2) is 34.2 Å². The minimum Gasteiger partial charge on any atom is -0.389 e. The highest BCUT2D eigenvalue weighted by molar-refractivity contribution is 9.10. The van der Waals surface area contributed by atoms with Gasteiger partial charge in [-0.25, -0.2) is 0 Å². The molecular formula is C12H21BrN2O2. The van der Waals surface area contributed by atoms with Crippen LogP contribution in [0.25, 0.3) is 0 Å². The lowest BCUT2D eigenvalue weighted by atomic mass is 10.3. The van der Waals surface area contributed by atoms with E-state index in [9.17, 15) is 5.11 Å². The highest BCUT2D eigenvalue weighted by Gasteiger charge is 2.12. The van der Waals surface area contributed by atoms with Gasteiger partial charge in [-0.1, -0.05) is 13.3 Å². The molecule has 1 aromatic rings. The first kappa shape index (κ1) is 14.7. The molecular weight excluding hydrogens is 284 g/mol. The minimum absolute atomic E-state index is 0.371. The van der Waals surface area contributed by atoms with Gasteiger partial charge in [0, 0.05) is 12.3 Å². The van der Waals surface area contributed by atoms with Gasteiger partial charge >= 0.3 is 0 Å². The van der Waals surface area contributed by atoms with Crippen molar-refractivity contribution in [2.24, 2.45) is 0 Å². The Kier molecular flexibility index (Phi) is 6.16. The summed E-state index contributed by atoms with van der Waals surface area (Å²) in [6.07, 6.45) is 1.65. The molecule has 0 saturated carbocycles. The Morgan fingerprint density at radius 1 is 1.47 bits per heavy atom. The number of nitrogens with zero attached hydrogens (tertiary/aromatic N) is 2. The third-order valence-corrected chi connectivity index (χ3v) is 3.78. The molecule has 0 saturated heterocycles. The van der Waals surface area contributed by atoms with Crippen molar-refractivity contribution >= 4 is 15.9 Å². The van der Waals surface area contributed by atoms with Gasteiger partial charge in [-0.15, -0.1) is 0 Å². The Hall–Kier alpha value is -0.390. The summed E-state index contributed by atoms with van der Waals surface area (Å²) in [5.74, 6) is 0. The fraction of sp³-hybridized carbons (Fsp3) is 0.750. The molecule has 17 heavy (non-hydrogen) atoms. The lowest BCUT2D eigenvalue weighted by Gasteiger charge is -2.12. The van der Waals surface area contributed by atoms with Gasteiger partial charge in [0.15, 0.2) is 0 Å². The normalized spacial score (nSPS) is 13.0. The summed E-state index contributed by atoms with van der Waals surface area (Å²) >= 11 is 3.47. The fourth-order valence-electron chi connectivity index (χ4n) is 1.57. The zero-order chi connectivity index (χ0) is 12.8. The number of aromatic nitrogens is 2. The Bertz CT molecular complexity index is 353. The van der Waals surface area contributed by atoms with E-state index < -0.39 is 6.10 Å². The average Bonchev–Trinajstić information content (AvgIpc) is 2.53. The van der Waals surface area contributed by atoms with E-state index in [-0.39, 0.29) is 0 Å². The number of halogens is 1. The predicted molar refractivity (Wildman–Crippen MR) is 71.1 cm³/mol. The Balaban J connectivity index is 2.39. The van der Waals surface area contributed by atoms with Gasteiger partial charge in [0.05, 0.1) is 29.4 Å². The molecule has 0 bridgehead atoms. The number of aryl methyl sites for hydroxylation is 1. The SMILES string of the molecule is CCCCOCC(O)Cn1nc(C)c(Br)c1C. The number of rotatable bonds is 7. The molecule has 0 aromatic carbocycles. The molecule has 5 heteroatoms. The van der Waals surface area contributed by atoms with Crippen molar-refractivity contribution in [3.8, 4) is 0 Å². The van der Waals surface area contributed by atoms with E-state index in [1.54, 1.807) is 0 Å². The first-order valence-electron chi connectivity index (χ1n) is 6.01. The number of aliphatic hydroxyl groups excluding tert-OH is 1. The van der Waals surface area contributed by atoms with Crippen LogP contribution in [0.4, 0.5) is 0 Å². The highest BCUT2D eigenvalue weighted by Crippen LogP contribution is 2.19. The monoisotopic (exact) mass is 304 g/mol. The van der Waals surface area contributed by atoms with Gasteiger partial charge in [0.2, 0.25) is 0 Å². The lowest BCUT2D eigenvalue weighted by Crippen LogP contribution is -2.23. The molecule has 0 spiro atoms. The number of ether oxygens (including phenoxy) is 1. The van der Waals surface area contributed by atoms with Crippen LogP contribution in [-0.2, 0) is 11.3 Å². The van der Waals surface area contributed by atoms with Gasteiger partial charge in [0.25, 0.3) is 0 Å². The van der Waals surface area contributed by atoms with Crippen LogP contribution in [0.15, 0.2) is 4.47 Å². The number of unbranched alkanes of at least 4 members (excludes halogenated alkanes) is 1. The molecule has 0 amide bonds. The fourth-order valence-corrected chi connectivity index (χ4v) is 1.85. The van der Waals surface area contributed by atoms with Crippen LogP contribution in [0.1, 0.15) is 31.2 Å². The molecule has 0 aliphatic carbocycles. The summed E-state index contributed by atoms with van der Waals surface area (Å²) in [7, 11) is 0. The second kappa shape index (κ2) is 7.13. The van der Waals surface area contributed by atoms with Crippen molar-refractivity contribution in [2.45, 2.75) is 46.3 Å². The topological polar surface area (TPSA) is 47.3 Å². The zero-order valence-electron chi connectivity index (χ0n) is 10.7. The average molecular weight is 305 g/mol. The molecule has 1 heterocycles. The second-order valence-electron chi connectivity index (χ2n) is 4.25. The van der Waals surface area contributed by atoms with Gasteiger partial charge in [0.1, 0.15) is 0 Å². The predicted octanol–water partition coefficient (Wildman–Crippen LogP) is 2.44. The number of hydrogen-bond acceptors (Lipinski definition) is 3. The molecule has 1 atom stereocenters. The van der Waals surface area contributed by atoms with Crippen molar-refractivity contribution in [2.75, 3.05) is 13.2 Å². The first-order chi connectivity index (χ1) is 8.06. The molecule has 0 aliphatic rings. The summed E-state index contributed by atoms with van der Waals surface area (Å²) in [5, 5.41) is 14.2. The molecule has 0 aliphatic heterocycles. The molecule has 0 radical (unpaired) electrons. The Morgan fingerprint density at radius 2 is 2.18 bits per heavy atom. The molecule has 1 N–H and O–H groups in total. The van der Waals surface area contributed by atoms with Gasteiger partial charge < -0.3 is 9.84 Å². The van der Waals surface area contributed by atoms with Crippen LogP contribution >= 0.6 is 15.9 Å². The molecule has 0 fully saturated rings. The van der Waals surface area contributed by atoms with Crippen molar-refractivity contribution in [1.29, 1.82) is 0 Å². The maximum atomic E-state index is 9.83. The van der Waals surface area contributed by atoms with Crippen LogP contribution in [0.2, 0.25) is 0 Å². The van der Waals surface area contributed by atoms with Crippen molar-refractivity contribution in [1.82, 2.24) is 9.78 Å². The minimum atomic E-state index is -0.503. The number of hydrogen-bond donors (Lipinski definition) is 1. The van der Waals surface area contributed by atoms with E-state index in [0.717, 1.165) is 28.7 Å². The van der Waals surface area contributed by atoms with Gasteiger partial charge in [-0.3, -0.25) is 4.68 Å². The molecule has 4 nitrogen and oxygen atoms in total. The summed E-state index contributed by atoms with van der Waals surface area (Å²) in [6.45, 7) is 7.61. The maximum absolute atomic E-state index is 9.83. The van der Waals surface area contributed by atoms with E-state index in [4.69, 9.17) is 4.74 Å². The standard InChI is InChI=1S/C12H21BrN2O2/c1-4-5-6-17-8-11(16)7-15-10(3)12(13)9(2)14-15/h11,16H,4-8H2,1-3H3. The smallest absolute Gasteiger partial charge is 0.0969 e. The van der Waals surface area contributed by atoms with Crippen LogP contribution in [0, 0.1) is 13.8 Å². The van der Waals surface area contributed by atoms with Crippen LogP contribution < -0.4 is 0 Å². The lowest BCUT2D eigenvalue weighted by molar-refractivity contribution is 0.0250. The van der Waals surface area contributed by atoms with Gasteiger partial charge in [-0.2, -0.15) is 5.10 Å². The van der Waals surface area contributed by atoms with Crippen molar-refractivity contribution < 1.29 is 9.84 Å². The molecule has 1 aromatic heterocycles. The van der Waals surface area contributed by atoms with E-state index in [1.807, 2.05) is 18.5 Å². The van der Waals surface area contributed by atoms with E-state index in [2.05, 4.69) is 28.0 Å².